The second-order valence-corrected chi connectivity index (χ2v) is 7.34. The standard InChI is InChI=1S/C23H29N3O4/c1-15(2)20(26-22(28)18-7-5-6-16(3)14-18)23(29)25-13-12-24-21(27)17-8-10-19(30-4)11-9-17/h5-11,14-15,20H,12-13H2,1-4H3,(H,24,27)(H,25,29)(H,26,28). The number of amides is 3. The van der Waals surface area contributed by atoms with Gasteiger partial charge in [0, 0.05) is 24.2 Å². The first-order valence-corrected chi connectivity index (χ1v) is 9.89. The Morgan fingerprint density at radius 1 is 0.900 bits per heavy atom. The molecule has 0 bridgehead atoms. The molecule has 0 saturated heterocycles. The number of ether oxygens (including phenoxy) is 1. The van der Waals surface area contributed by atoms with Gasteiger partial charge in [-0.3, -0.25) is 14.4 Å². The molecule has 2 aromatic carbocycles. The van der Waals surface area contributed by atoms with Gasteiger partial charge >= 0.3 is 0 Å². The summed E-state index contributed by atoms with van der Waals surface area (Å²) in [6.45, 7) is 6.17. The Bertz CT molecular complexity index is 878. The van der Waals surface area contributed by atoms with Crippen molar-refractivity contribution in [3.8, 4) is 5.75 Å². The van der Waals surface area contributed by atoms with Crippen LogP contribution in [0.1, 0.15) is 40.1 Å². The lowest BCUT2D eigenvalue weighted by molar-refractivity contribution is -0.123. The van der Waals surface area contributed by atoms with Crippen LogP contribution >= 0.6 is 0 Å². The van der Waals surface area contributed by atoms with Gasteiger partial charge in [0.15, 0.2) is 0 Å². The minimum absolute atomic E-state index is 0.0901. The minimum Gasteiger partial charge on any atom is -0.497 e. The summed E-state index contributed by atoms with van der Waals surface area (Å²) in [7, 11) is 1.56. The quantitative estimate of drug-likeness (QED) is 0.552. The third-order valence-corrected chi connectivity index (χ3v) is 4.58. The molecule has 0 aromatic heterocycles. The van der Waals surface area contributed by atoms with Crippen LogP contribution in [0.3, 0.4) is 0 Å². The summed E-state index contributed by atoms with van der Waals surface area (Å²) in [6, 6.07) is 13.3. The molecular formula is C23H29N3O4. The van der Waals surface area contributed by atoms with Gasteiger partial charge in [-0.1, -0.05) is 31.5 Å². The van der Waals surface area contributed by atoms with E-state index in [4.69, 9.17) is 4.74 Å². The van der Waals surface area contributed by atoms with Gasteiger partial charge in [-0.2, -0.15) is 0 Å². The number of carbonyl (C=O) groups excluding carboxylic acids is 3. The van der Waals surface area contributed by atoms with Gasteiger partial charge in [-0.25, -0.2) is 0 Å². The van der Waals surface area contributed by atoms with E-state index in [1.54, 1.807) is 49.6 Å². The van der Waals surface area contributed by atoms with Crippen LogP contribution in [-0.2, 0) is 4.79 Å². The van der Waals surface area contributed by atoms with E-state index in [0.717, 1.165) is 5.56 Å². The Balaban J connectivity index is 1.83. The van der Waals surface area contributed by atoms with Crippen LogP contribution in [0.2, 0.25) is 0 Å². The van der Waals surface area contributed by atoms with Gasteiger partial charge < -0.3 is 20.7 Å². The van der Waals surface area contributed by atoms with Gasteiger partial charge in [0.05, 0.1) is 7.11 Å². The van der Waals surface area contributed by atoms with E-state index in [1.807, 2.05) is 26.8 Å². The molecule has 0 radical (unpaired) electrons. The van der Waals surface area contributed by atoms with E-state index in [0.29, 0.717) is 16.9 Å². The van der Waals surface area contributed by atoms with E-state index in [2.05, 4.69) is 16.0 Å². The van der Waals surface area contributed by atoms with Crippen LogP contribution in [0.5, 0.6) is 5.75 Å². The molecule has 0 spiro atoms. The molecule has 3 N–H and O–H groups in total. The summed E-state index contributed by atoms with van der Waals surface area (Å²) in [4.78, 5) is 37.2. The number of carbonyl (C=O) groups is 3. The van der Waals surface area contributed by atoms with E-state index < -0.39 is 6.04 Å². The average Bonchev–Trinajstić information content (AvgIpc) is 2.74. The zero-order chi connectivity index (χ0) is 22.1. The van der Waals surface area contributed by atoms with Crippen molar-refractivity contribution in [1.82, 2.24) is 16.0 Å². The zero-order valence-electron chi connectivity index (χ0n) is 17.8. The van der Waals surface area contributed by atoms with Crippen molar-refractivity contribution in [3.63, 3.8) is 0 Å². The number of benzene rings is 2. The fourth-order valence-electron chi connectivity index (χ4n) is 2.86. The van der Waals surface area contributed by atoms with Crippen molar-refractivity contribution >= 4 is 17.7 Å². The fraction of sp³-hybridized carbons (Fsp3) is 0.348. The number of nitrogens with one attached hydrogen (secondary N) is 3. The highest BCUT2D eigenvalue weighted by atomic mass is 16.5. The van der Waals surface area contributed by atoms with Crippen molar-refractivity contribution in [2.24, 2.45) is 5.92 Å². The molecule has 7 nitrogen and oxygen atoms in total. The average molecular weight is 412 g/mol. The molecule has 0 heterocycles. The summed E-state index contributed by atoms with van der Waals surface area (Å²) in [5.74, 6) is -0.232. The summed E-state index contributed by atoms with van der Waals surface area (Å²) in [5, 5.41) is 8.32. The summed E-state index contributed by atoms with van der Waals surface area (Å²) in [5.41, 5.74) is 1.99. The van der Waals surface area contributed by atoms with Crippen LogP contribution in [0.25, 0.3) is 0 Å². The molecule has 7 heteroatoms. The predicted octanol–water partition coefficient (Wildman–Crippen LogP) is 2.30. The molecule has 0 fully saturated rings. The third-order valence-electron chi connectivity index (χ3n) is 4.58. The first-order valence-electron chi connectivity index (χ1n) is 9.89. The summed E-state index contributed by atoms with van der Waals surface area (Å²) in [6.07, 6.45) is 0. The van der Waals surface area contributed by atoms with E-state index in [1.165, 1.54) is 0 Å². The van der Waals surface area contributed by atoms with Crippen molar-refractivity contribution in [1.29, 1.82) is 0 Å². The molecule has 1 unspecified atom stereocenters. The SMILES string of the molecule is COc1ccc(C(=O)NCCNC(=O)C(NC(=O)c2cccc(C)c2)C(C)C)cc1. The number of rotatable bonds is 9. The molecule has 0 aliphatic carbocycles. The normalized spacial score (nSPS) is 11.5. The fourth-order valence-corrected chi connectivity index (χ4v) is 2.86. The lowest BCUT2D eigenvalue weighted by Gasteiger charge is -2.22. The highest BCUT2D eigenvalue weighted by Crippen LogP contribution is 2.11. The van der Waals surface area contributed by atoms with Crippen LogP contribution in [-0.4, -0.2) is 44.0 Å². The first kappa shape index (κ1) is 22.9. The van der Waals surface area contributed by atoms with Crippen LogP contribution in [0.15, 0.2) is 48.5 Å². The molecule has 1 atom stereocenters. The second-order valence-electron chi connectivity index (χ2n) is 7.34. The molecule has 30 heavy (non-hydrogen) atoms. The molecule has 160 valence electrons. The smallest absolute Gasteiger partial charge is 0.251 e. The molecular weight excluding hydrogens is 382 g/mol. The van der Waals surface area contributed by atoms with Gasteiger partial charge in [-0.15, -0.1) is 0 Å². The zero-order valence-corrected chi connectivity index (χ0v) is 17.8. The molecule has 0 aliphatic rings. The molecule has 3 amide bonds. The van der Waals surface area contributed by atoms with Crippen molar-refractivity contribution in [3.05, 3.63) is 65.2 Å². The Morgan fingerprint density at radius 3 is 2.17 bits per heavy atom. The first-order chi connectivity index (χ1) is 14.3. The summed E-state index contributed by atoms with van der Waals surface area (Å²) >= 11 is 0. The van der Waals surface area contributed by atoms with Crippen LogP contribution in [0, 0.1) is 12.8 Å². The lowest BCUT2D eigenvalue weighted by atomic mass is 10.0. The molecule has 2 rings (SSSR count). The minimum atomic E-state index is -0.671. The number of aryl methyl sites for hydroxylation is 1. The highest BCUT2D eigenvalue weighted by Gasteiger charge is 2.24. The third kappa shape index (κ3) is 6.62. The Morgan fingerprint density at radius 2 is 1.57 bits per heavy atom. The Kier molecular flexibility index (Phi) is 8.41. The summed E-state index contributed by atoms with van der Waals surface area (Å²) < 4.78 is 5.07. The van der Waals surface area contributed by atoms with E-state index in [9.17, 15) is 14.4 Å². The number of methoxy groups -OCH3 is 1. The maximum Gasteiger partial charge on any atom is 0.251 e. The maximum absolute atomic E-state index is 12.6. The van der Waals surface area contributed by atoms with Crippen molar-refractivity contribution < 1.29 is 19.1 Å². The Labute approximate surface area is 177 Å². The van der Waals surface area contributed by atoms with Gasteiger partial charge in [-0.05, 0) is 49.2 Å². The van der Waals surface area contributed by atoms with Gasteiger partial charge in [0.1, 0.15) is 11.8 Å². The number of hydrogen-bond acceptors (Lipinski definition) is 4. The molecule has 0 aliphatic heterocycles. The largest absolute Gasteiger partial charge is 0.497 e. The van der Waals surface area contributed by atoms with Crippen molar-refractivity contribution in [2.75, 3.05) is 20.2 Å². The molecule has 2 aromatic rings. The second kappa shape index (κ2) is 11.0. The van der Waals surface area contributed by atoms with Gasteiger partial charge in [0.25, 0.3) is 11.8 Å². The number of hydrogen-bond donors (Lipinski definition) is 3. The topological polar surface area (TPSA) is 96.5 Å². The monoisotopic (exact) mass is 411 g/mol. The maximum atomic E-state index is 12.6. The lowest BCUT2D eigenvalue weighted by Crippen LogP contribution is -2.50. The van der Waals surface area contributed by atoms with Crippen LogP contribution < -0.4 is 20.7 Å². The predicted molar refractivity (Wildman–Crippen MR) is 116 cm³/mol. The van der Waals surface area contributed by atoms with Crippen LogP contribution in [0.4, 0.5) is 0 Å². The van der Waals surface area contributed by atoms with Crippen molar-refractivity contribution in [2.45, 2.75) is 26.8 Å². The molecule has 0 saturated carbocycles. The van der Waals surface area contributed by atoms with E-state index >= 15 is 0 Å². The van der Waals surface area contributed by atoms with Gasteiger partial charge in [0.2, 0.25) is 5.91 Å². The Hall–Kier alpha value is -3.35. The van der Waals surface area contributed by atoms with E-state index in [-0.39, 0.29) is 36.7 Å². The highest BCUT2D eigenvalue weighted by molar-refractivity contribution is 5.97.